The van der Waals surface area contributed by atoms with Gasteiger partial charge in [-0.1, -0.05) is 104 Å². The number of rotatable bonds is 1. The Bertz CT molecular complexity index is 131. The fraction of sp³-hybridized carbons (Fsp3) is 0.857. The number of carbonyl (C=O) groups is 1. The van der Waals surface area contributed by atoms with Gasteiger partial charge < -0.3 is 4.74 Å². The number of alkyl halides is 9. The van der Waals surface area contributed by atoms with Crippen LogP contribution in [0.25, 0.3) is 0 Å². The van der Waals surface area contributed by atoms with Gasteiger partial charge in [0.25, 0.3) is 0 Å². The maximum atomic E-state index is 9.82. The summed E-state index contributed by atoms with van der Waals surface area (Å²) in [5.41, 5.74) is 0. The van der Waals surface area contributed by atoms with Crippen LogP contribution in [0.2, 0.25) is 0 Å². The van der Waals surface area contributed by atoms with Gasteiger partial charge >= 0.3 is 5.97 Å². The molecule has 0 rings (SSSR count). The van der Waals surface area contributed by atoms with Crippen LogP contribution in [0.1, 0.15) is 13.8 Å². The average molecular weight is 446 g/mol. The molecule has 0 aliphatic rings. The molecule has 0 aliphatic heterocycles. The van der Waals surface area contributed by atoms with E-state index in [1.165, 1.54) is 6.92 Å². The molecular weight excluding hydrogens is 435 g/mol. The van der Waals surface area contributed by atoms with Crippen molar-refractivity contribution in [3.05, 3.63) is 0 Å². The third-order valence-electron chi connectivity index (χ3n) is 0.348. The highest BCUT2D eigenvalue weighted by Gasteiger charge is 1.81. The second-order valence-electron chi connectivity index (χ2n) is 1.67. The van der Waals surface area contributed by atoms with Crippen molar-refractivity contribution < 1.29 is 9.53 Å². The van der Waals surface area contributed by atoms with Crippen LogP contribution in [0.5, 0.6) is 0 Å². The van der Waals surface area contributed by atoms with Gasteiger partial charge in [-0.2, -0.15) is 0 Å². The lowest BCUT2D eigenvalue weighted by Crippen LogP contribution is -1.95. The molecule has 114 valence electrons. The SMILES string of the molecule is CCOC(C)=O.ClC(Cl)Cl.ClC(Cl)Cl.ClC(Cl)Cl. The highest BCUT2D eigenvalue weighted by molar-refractivity contribution is 6.63. The van der Waals surface area contributed by atoms with Crippen LogP contribution >= 0.6 is 104 Å². The Morgan fingerprint density at radius 2 is 1.00 bits per heavy atom. The zero-order valence-corrected chi connectivity index (χ0v) is 16.0. The van der Waals surface area contributed by atoms with Gasteiger partial charge in [-0.15, -0.1) is 0 Å². The molecule has 0 bridgehead atoms. The molecule has 0 spiro atoms. The Morgan fingerprint density at radius 1 is 0.833 bits per heavy atom. The van der Waals surface area contributed by atoms with E-state index in [0.29, 0.717) is 6.61 Å². The van der Waals surface area contributed by atoms with Gasteiger partial charge in [0.1, 0.15) is 0 Å². The highest BCUT2D eigenvalue weighted by atomic mass is 35.6. The first-order valence-corrected chi connectivity index (χ1v) is 7.80. The maximum Gasteiger partial charge on any atom is 0.302 e. The summed E-state index contributed by atoms with van der Waals surface area (Å²) in [5, 5.41) is 0. The fourth-order valence-electron chi connectivity index (χ4n) is 0.203. The second-order valence-corrected chi connectivity index (χ2v) is 7.61. The zero-order chi connectivity index (χ0) is 15.7. The van der Waals surface area contributed by atoms with Crippen molar-refractivity contribution in [2.24, 2.45) is 0 Å². The number of ether oxygens (including phenoxy) is 1. The van der Waals surface area contributed by atoms with E-state index >= 15 is 0 Å². The van der Waals surface area contributed by atoms with E-state index in [-0.39, 0.29) is 5.97 Å². The van der Waals surface area contributed by atoms with Gasteiger partial charge in [-0.25, -0.2) is 0 Å². The number of halogens is 9. The molecule has 0 aromatic rings. The summed E-state index contributed by atoms with van der Waals surface area (Å²) >= 11 is 43.3. The van der Waals surface area contributed by atoms with Crippen LogP contribution in [0, 0.1) is 0 Å². The van der Waals surface area contributed by atoms with E-state index in [9.17, 15) is 4.79 Å². The monoisotopic (exact) mass is 442 g/mol. The van der Waals surface area contributed by atoms with Gasteiger partial charge in [-0.05, 0) is 6.92 Å². The lowest BCUT2D eigenvalue weighted by atomic mass is 10.8. The molecule has 0 heterocycles. The summed E-state index contributed by atoms with van der Waals surface area (Å²) in [6.45, 7) is 3.65. The van der Waals surface area contributed by atoms with E-state index in [4.69, 9.17) is 104 Å². The molecule has 11 heteroatoms. The minimum absolute atomic E-state index is 0.211. The topological polar surface area (TPSA) is 26.3 Å². The highest BCUT2D eigenvalue weighted by Crippen LogP contribution is 2.04. The van der Waals surface area contributed by atoms with Crippen molar-refractivity contribution in [2.75, 3.05) is 6.61 Å². The molecule has 0 aromatic carbocycles. The van der Waals surface area contributed by atoms with Crippen LogP contribution < -0.4 is 0 Å². The standard InChI is InChI=1S/C4H8O2.3CHCl3/c1-3-6-4(2)5;3*2-1(3)4/h3H2,1-2H3;3*1H. The first-order chi connectivity index (χ1) is 7.97. The third-order valence-corrected chi connectivity index (χ3v) is 0.348. The fourth-order valence-corrected chi connectivity index (χ4v) is 0.203. The number of carbonyl (C=O) groups excluding carboxylic acids is 1. The first-order valence-electron chi connectivity index (χ1n) is 3.87. The molecule has 0 atom stereocenters. The Morgan fingerprint density at radius 3 is 1.00 bits per heavy atom. The molecule has 2 nitrogen and oxygen atoms in total. The molecule has 0 saturated heterocycles. The lowest BCUT2D eigenvalue weighted by molar-refractivity contribution is -0.140. The second kappa shape index (κ2) is 24.1. The van der Waals surface area contributed by atoms with Crippen LogP contribution in [-0.4, -0.2) is 25.5 Å². The van der Waals surface area contributed by atoms with Gasteiger partial charge in [0.15, 0.2) is 12.9 Å². The summed E-state index contributed by atoms with van der Waals surface area (Å²) in [6, 6.07) is 0. The van der Waals surface area contributed by atoms with Crippen molar-refractivity contribution in [1.82, 2.24) is 0 Å². The predicted octanol–water partition coefficient (Wildman–Crippen LogP) is 6.53. The number of hydrogen-bond donors (Lipinski definition) is 0. The molecule has 0 radical (unpaired) electrons. The van der Waals surface area contributed by atoms with E-state index in [1.807, 2.05) is 0 Å². The van der Waals surface area contributed by atoms with Gasteiger partial charge in [0, 0.05) is 6.92 Å². The molecule has 0 saturated carbocycles. The first kappa shape index (κ1) is 28.3. The van der Waals surface area contributed by atoms with Gasteiger partial charge in [0.05, 0.1) is 6.61 Å². The Kier molecular flexibility index (Phi) is 37.9. The quantitative estimate of drug-likeness (QED) is 0.338. The summed E-state index contributed by atoms with van der Waals surface area (Å²) in [6.07, 6.45) is 0. The number of esters is 1. The average Bonchev–Trinajstić information content (AvgIpc) is 1.98. The van der Waals surface area contributed by atoms with Crippen LogP contribution in [0.15, 0.2) is 0 Å². The molecular formula is C7H11Cl9O2. The molecule has 0 N–H and O–H groups in total. The Hall–Kier alpha value is 2.08. The summed E-state index contributed by atoms with van der Waals surface area (Å²) in [5.74, 6) is -0.211. The molecule has 0 fully saturated rings. The normalized spacial score (nSPS) is 8.56. The van der Waals surface area contributed by atoms with Crippen LogP contribution in [0.4, 0.5) is 0 Å². The van der Waals surface area contributed by atoms with Crippen molar-refractivity contribution >= 4 is 110 Å². The zero-order valence-electron chi connectivity index (χ0n) is 9.16. The molecule has 0 amide bonds. The van der Waals surface area contributed by atoms with E-state index < -0.39 is 12.9 Å². The lowest BCUT2D eigenvalue weighted by Gasteiger charge is -1.89. The minimum Gasteiger partial charge on any atom is -0.466 e. The van der Waals surface area contributed by atoms with Crippen molar-refractivity contribution in [3.63, 3.8) is 0 Å². The molecule has 0 aromatic heterocycles. The van der Waals surface area contributed by atoms with E-state index in [0.717, 1.165) is 0 Å². The smallest absolute Gasteiger partial charge is 0.302 e. The molecule has 0 aliphatic carbocycles. The summed E-state index contributed by atoms with van der Waals surface area (Å²) in [4.78, 5) is 9.82. The third kappa shape index (κ3) is 204. The van der Waals surface area contributed by atoms with Crippen molar-refractivity contribution in [1.29, 1.82) is 0 Å². The van der Waals surface area contributed by atoms with Crippen LogP contribution in [0.3, 0.4) is 0 Å². The Balaban J connectivity index is -0.0000000742. The summed E-state index contributed by atoms with van der Waals surface area (Å²) in [7, 11) is 0. The largest absolute Gasteiger partial charge is 0.466 e. The summed E-state index contributed by atoms with van der Waals surface area (Å²) < 4.78 is 2.15. The maximum absolute atomic E-state index is 9.82. The molecule has 0 unspecified atom stereocenters. The van der Waals surface area contributed by atoms with Gasteiger partial charge in [0.2, 0.25) is 0 Å². The predicted molar refractivity (Wildman–Crippen MR) is 86.3 cm³/mol. The van der Waals surface area contributed by atoms with Crippen LogP contribution in [-0.2, 0) is 9.53 Å². The van der Waals surface area contributed by atoms with Crippen molar-refractivity contribution in [2.45, 2.75) is 26.7 Å². The van der Waals surface area contributed by atoms with Gasteiger partial charge in [-0.3, -0.25) is 4.79 Å². The minimum atomic E-state index is -0.750. The van der Waals surface area contributed by atoms with E-state index in [1.54, 1.807) is 6.92 Å². The molecule has 18 heavy (non-hydrogen) atoms. The van der Waals surface area contributed by atoms with Crippen molar-refractivity contribution in [3.8, 4) is 0 Å². The Labute approximate surface area is 152 Å². The van der Waals surface area contributed by atoms with E-state index in [2.05, 4.69) is 4.74 Å². The number of hydrogen-bond acceptors (Lipinski definition) is 2.